The monoisotopic (exact) mass is 895 g/mol. The molecule has 0 radical (unpaired) electrons. The molecule has 8 heterocycles. The minimum Gasteiger partial charge on any atom is -0.485 e. The lowest BCUT2D eigenvalue weighted by Gasteiger charge is -2.25. The summed E-state index contributed by atoms with van der Waals surface area (Å²) in [6.07, 6.45) is 3.34. The van der Waals surface area contributed by atoms with Crippen LogP contribution in [0.2, 0.25) is 0 Å². The van der Waals surface area contributed by atoms with Crippen molar-refractivity contribution in [3.05, 3.63) is 78.0 Å². The Morgan fingerprint density at radius 3 is 1.87 bits per heavy atom. The fourth-order valence-corrected chi connectivity index (χ4v) is 12.9. The van der Waals surface area contributed by atoms with Crippen molar-refractivity contribution < 1.29 is 48.2 Å². The standard InChI is InChI=1S/C43H33N3O11S4/c1-2-45-25-6-4-3-5-21(25)7-8-22-17-23(9-10-26(22)45)36-32-33(55-14-13-54-32)39(60-36)40-35-34(56-15-16-57-35)38(61-40)37-31-30(52-11-12-53-31)27(58-37)18-28-41(49)46(20-29(47)48)42(59-28)24(19-44)43(50)51/h3-6,9-10,17-18H,2,7-8,11-16,20H2,1H3,(H,47,48)(H,50,51)/b28-18+,42-24+. The molecule has 0 saturated heterocycles. The van der Waals surface area contributed by atoms with Crippen LogP contribution in [0.4, 0.5) is 11.4 Å². The first-order valence-electron chi connectivity index (χ1n) is 19.3. The Kier molecular flexibility index (Phi) is 9.98. The van der Waals surface area contributed by atoms with Gasteiger partial charge in [0.05, 0.1) is 33.8 Å². The largest absolute Gasteiger partial charge is 0.485 e. The van der Waals surface area contributed by atoms with E-state index in [1.54, 1.807) is 17.4 Å². The van der Waals surface area contributed by atoms with Crippen LogP contribution in [0.5, 0.6) is 34.5 Å². The molecule has 310 valence electrons. The molecule has 0 amide bonds. The van der Waals surface area contributed by atoms with Crippen molar-refractivity contribution in [1.82, 2.24) is 4.57 Å². The third-order valence-electron chi connectivity index (χ3n) is 10.5. The predicted octanol–water partition coefficient (Wildman–Crippen LogP) is 6.34. The molecular weight excluding hydrogens is 863 g/mol. The number of hydrogen-bond donors (Lipinski definition) is 2. The Bertz CT molecular complexity index is 3040. The highest BCUT2D eigenvalue weighted by molar-refractivity contribution is 7.28. The van der Waals surface area contributed by atoms with Gasteiger partial charge in [-0.1, -0.05) is 24.3 Å². The zero-order valence-corrected chi connectivity index (χ0v) is 35.5. The molecule has 18 heteroatoms. The molecule has 2 N–H and O–H groups in total. The summed E-state index contributed by atoms with van der Waals surface area (Å²) in [5.74, 6) is 0.265. The summed E-state index contributed by atoms with van der Waals surface area (Å²) in [6.45, 7) is 4.11. The van der Waals surface area contributed by atoms with E-state index in [0.717, 1.165) is 55.5 Å². The van der Waals surface area contributed by atoms with E-state index < -0.39 is 29.6 Å². The van der Waals surface area contributed by atoms with Gasteiger partial charge in [-0.2, -0.15) is 5.26 Å². The number of carboxylic acid groups (broad SMARTS) is 2. The highest BCUT2D eigenvalue weighted by Gasteiger charge is 2.36. The molecule has 0 spiro atoms. The molecule has 2 aromatic carbocycles. The lowest BCUT2D eigenvalue weighted by atomic mass is 10.0. The van der Waals surface area contributed by atoms with Crippen molar-refractivity contribution in [1.29, 1.82) is 5.26 Å². The fraction of sp³-hybridized carbons (Fsp3) is 0.256. The highest BCUT2D eigenvalue weighted by Crippen LogP contribution is 2.64. The Hall–Kier alpha value is -6.26. The average molecular weight is 896 g/mol. The van der Waals surface area contributed by atoms with Crippen LogP contribution in [0, 0.1) is 11.3 Å². The average Bonchev–Trinajstić information content (AvgIpc) is 4.00. The second-order valence-electron chi connectivity index (χ2n) is 14.1. The number of anilines is 2. The molecule has 0 bridgehead atoms. The lowest BCUT2D eigenvalue weighted by molar-refractivity contribution is -0.138. The van der Waals surface area contributed by atoms with E-state index in [2.05, 4.69) is 54.3 Å². The van der Waals surface area contributed by atoms with Crippen LogP contribution in [0.15, 0.2) is 47.3 Å². The fourth-order valence-electron chi connectivity index (χ4n) is 7.96. The summed E-state index contributed by atoms with van der Waals surface area (Å²) in [6, 6.07) is 16.8. The number of aliphatic carboxylic acids is 2. The van der Waals surface area contributed by atoms with Gasteiger partial charge in [-0.05, 0) is 60.7 Å². The SMILES string of the molecule is CCN1c2ccccc2CCc2cc(-c3sc(-c4sc(-c5sc(/C=c6/s/c(=C(\C#N)C(=O)O)n(CC(=O)O)c6=O)c6c5OCCO6)c5c4OCCO5)c4c3OCCO4)ccc21. The van der Waals surface area contributed by atoms with Crippen molar-refractivity contribution in [2.24, 2.45) is 0 Å². The second kappa shape index (κ2) is 15.6. The molecule has 14 nitrogen and oxygen atoms in total. The number of nitrogens with zero attached hydrogens (tertiary/aromatic N) is 3. The van der Waals surface area contributed by atoms with E-state index in [-0.39, 0.29) is 22.4 Å². The third kappa shape index (κ3) is 6.59. The van der Waals surface area contributed by atoms with Gasteiger partial charge in [0.25, 0.3) is 5.56 Å². The first kappa shape index (κ1) is 38.9. The smallest absolute Gasteiger partial charge is 0.349 e. The molecule has 0 aliphatic carbocycles. The Balaban J connectivity index is 1.10. The quantitative estimate of drug-likeness (QED) is 0.173. The topological polar surface area (TPSA) is 179 Å². The maximum Gasteiger partial charge on any atom is 0.349 e. The molecule has 4 aromatic heterocycles. The van der Waals surface area contributed by atoms with Crippen LogP contribution in [0.3, 0.4) is 0 Å². The number of thiazole rings is 1. The number of carbonyl (C=O) groups is 2. The zero-order valence-electron chi connectivity index (χ0n) is 32.2. The number of ether oxygens (including phenoxy) is 6. The number of fused-ring (bicyclic) bond motifs is 5. The van der Waals surface area contributed by atoms with Crippen molar-refractivity contribution >= 4 is 80.3 Å². The normalized spacial score (nSPS) is 15.7. The molecule has 0 atom stereocenters. The summed E-state index contributed by atoms with van der Waals surface area (Å²) >= 11 is 5.01. The zero-order chi connectivity index (χ0) is 41.9. The van der Waals surface area contributed by atoms with Gasteiger partial charge in [-0.25, -0.2) is 4.79 Å². The summed E-state index contributed by atoms with van der Waals surface area (Å²) < 4.78 is 38.3. The number of para-hydroxylation sites is 1. The minimum absolute atomic E-state index is 0.0168. The molecule has 4 aliphatic rings. The van der Waals surface area contributed by atoms with Gasteiger partial charge < -0.3 is 43.5 Å². The maximum atomic E-state index is 13.6. The number of aromatic nitrogens is 1. The summed E-state index contributed by atoms with van der Waals surface area (Å²) in [7, 11) is 0. The maximum absolute atomic E-state index is 13.6. The molecule has 61 heavy (non-hydrogen) atoms. The summed E-state index contributed by atoms with van der Waals surface area (Å²) in [5.41, 5.74) is 4.55. The van der Waals surface area contributed by atoms with Crippen molar-refractivity contribution in [3.63, 3.8) is 0 Å². The Morgan fingerprint density at radius 2 is 1.26 bits per heavy atom. The number of benzene rings is 2. The molecule has 4 aliphatic heterocycles. The second-order valence-corrected chi connectivity index (χ2v) is 18.2. The Morgan fingerprint density at radius 1 is 0.721 bits per heavy atom. The molecule has 0 unspecified atom stereocenters. The summed E-state index contributed by atoms with van der Waals surface area (Å²) in [4.78, 5) is 44.0. The van der Waals surface area contributed by atoms with Gasteiger partial charge in [0, 0.05) is 17.9 Å². The van der Waals surface area contributed by atoms with Gasteiger partial charge in [-0.15, -0.1) is 45.3 Å². The van der Waals surface area contributed by atoms with Crippen molar-refractivity contribution in [2.75, 3.05) is 51.1 Å². The third-order valence-corrected chi connectivity index (χ3v) is 15.4. The van der Waals surface area contributed by atoms with E-state index >= 15 is 0 Å². The van der Waals surface area contributed by atoms with Gasteiger partial charge in [0.2, 0.25) is 0 Å². The van der Waals surface area contributed by atoms with Crippen LogP contribution in [-0.2, 0) is 29.0 Å². The first-order valence-corrected chi connectivity index (χ1v) is 22.6. The lowest BCUT2D eigenvalue weighted by Crippen LogP contribution is -2.35. The highest BCUT2D eigenvalue weighted by atomic mass is 32.1. The van der Waals surface area contributed by atoms with Crippen LogP contribution >= 0.6 is 45.3 Å². The van der Waals surface area contributed by atoms with Gasteiger partial charge in [-0.3, -0.25) is 14.2 Å². The van der Waals surface area contributed by atoms with E-state index in [1.165, 1.54) is 51.3 Å². The molecule has 0 saturated carbocycles. The van der Waals surface area contributed by atoms with Gasteiger partial charge >= 0.3 is 11.9 Å². The van der Waals surface area contributed by atoms with Gasteiger partial charge in [0.1, 0.15) is 56.9 Å². The number of nitriles is 1. The molecule has 10 rings (SSSR count). The predicted molar refractivity (Wildman–Crippen MR) is 232 cm³/mol. The van der Waals surface area contributed by atoms with E-state index in [1.807, 2.05) is 0 Å². The first-order chi connectivity index (χ1) is 29.7. The Labute approximate surface area is 362 Å². The van der Waals surface area contributed by atoms with E-state index in [4.69, 9.17) is 28.4 Å². The van der Waals surface area contributed by atoms with Crippen LogP contribution in [0.25, 0.3) is 41.6 Å². The van der Waals surface area contributed by atoms with Crippen LogP contribution in [-0.4, -0.2) is 72.9 Å². The molecule has 0 fully saturated rings. The number of thiophene rings is 3. The summed E-state index contributed by atoms with van der Waals surface area (Å²) in [5, 5.41) is 28.8. The van der Waals surface area contributed by atoms with Crippen molar-refractivity contribution in [3.8, 4) is 70.5 Å². The van der Waals surface area contributed by atoms with Gasteiger partial charge in [0.15, 0.2) is 40.1 Å². The van der Waals surface area contributed by atoms with E-state index in [9.17, 15) is 29.9 Å². The van der Waals surface area contributed by atoms with Crippen LogP contribution < -0.4 is 48.1 Å². The number of aryl methyl sites for hydroxylation is 2. The van der Waals surface area contributed by atoms with Crippen molar-refractivity contribution in [2.45, 2.75) is 26.3 Å². The molecular formula is C43H33N3O11S4. The minimum atomic E-state index is -1.58. The number of hydrogen-bond acceptors (Lipinski definition) is 15. The number of rotatable bonds is 8. The number of carboxylic acids is 2. The molecule has 6 aromatic rings. The van der Waals surface area contributed by atoms with Crippen LogP contribution in [0.1, 0.15) is 22.9 Å². The van der Waals surface area contributed by atoms with E-state index in [0.29, 0.717) is 75.6 Å².